The predicted octanol–water partition coefficient (Wildman–Crippen LogP) is 4.40. The van der Waals surface area contributed by atoms with Gasteiger partial charge in [-0.3, -0.25) is 14.9 Å². The zero-order chi connectivity index (χ0) is 19.5. The molecular weight excluding hydrogens is 378 g/mol. The Bertz CT molecular complexity index is 1130. The average molecular weight is 393 g/mol. The summed E-state index contributed by atoms with van der Waals surface area (Å²) in [5.74, 6) is 0.228. The van der Waals surface area contributed by atoms with Gasteiger partial charge in [0.15, 0.2) is 10.9 Å². The van der Waals surface area contributed by atoms with E-state index in [4.69, 9.17) is 9.15 Å². The lowest BCUT2D eigenvalue weighted by Crippen LogP contribution is -2.13. The number of hydrogen-bond donors (Lipinski definition) is 2. The number of ether oxygens (including phenoxy) is 1. The number of hydrogen-bond acceptors (Lipinski definition) is 6. The number of furan rings is 1. The minimum Gasteiger partial charge on any atom is -0.494 e. The Morgan fingerprint density at radius 2 is 1.82 bits per heavy atom. The van der Waals surface area contributed by atoms with Crippen molar-refractivity contribution in [3.05, 3.63) is 72.2 Å². The zero-order valence-corrected chi connectivity index (χ0v) is 15.6. The van der Waals surface area contributed by atoms with Crippen LogP contribution in [0.15, 0.2) is 65.3 Å². The molecular formula is C20H15N3O4S. The summed E-state index contributed by atoms with van der Waals surface area (Å²) in [6.45, 7) is 0. The molecule has 140 valence electrons. The maximum Gasteiger partial charge on any atom is 0.291 e. The molecule has 8 heteroatoms. The first-order chi connectivity index (χ1) is 13.6. The maximum absolute atomic E-state index is 12.5. The molecule has 0 saturated heterocycles. The van der Waals surface area contributed by atoms with E-state index >= 15 is 0 Å². The van der Waals surface area contributed by atoms with E-state index in [-0.39, 0.29) is 17.6 Å². The summed E-state index contributed by atoms with van der Waals surface area (Å²) in [7, 11) is 1.58. The summed E-state index contributed by atoms with van der Waals surface area (Å²) in [4.78, 5) is 28.9. The van der Waals surface area contributed by atoms with Crippen molar-refractivity contribution in [1.82, 2.24) is 4.98 Å². The Hall–Kier alpha value is -3.65. The first kappa shape index (κ1) is 17.7. The molecule has 0 radical (unpaired) electrons. The van der Waals surface area contributed by atoms with E-state index < -0.39 is 0 Å². The van der Waals surface area contributed by atoms with Gasteiger partial charge in [0.1, 0.15) is 11.3 Å². The lowest BCUT2D eigenvalue weighted by atomic mass is 10.2. The Morgan fingerprint density at radius 3 is 2.54 bits per heavy atom. The van der Waals surface area contributed by atoms with Crippen molar-refractivity contribution >= 4 is 44.2 Å². The normalized spacial score (nSPS) is 10.6. The predicted molar refractivity (Wildman–Crippen MR) is 107 cm³/mol. The molecule has 2 aromatic carbocycles. The van der Waals surface area contributed by atoms with Crippen molar-refractivity contribution < 1.29 is 18.7 Å². The summed E-state index contributed by atoms with van der Waals surface area (Å²) < 4.78 is 11.3. The molecule has 0 bridgehead atoms. The fourth-order valence-corrected chi connectivity index (χ4v) is 3.49. The lowest BCUT2D eigenvalue weighted by molar-refractivity contribution is 0.0995. The van der Waals surface area contributed by atoms with Crippen LogP contribution in [0.4, 0.5) is 10.8 Å². The van der Waals surface area contributed by atoms with Gasteiger partial charge in [0.05, 0.1) is 18.1 Å². The molecule has 0 unspecified atom stereocenters. The number of amides is 2. The second-order valence-corrected chi connectivity index (χ2v) is 6.82. The number of thiazole rings is 1. The molecule has 0 aliphatic carbocycles. The molecule has 28 heavy (non-hydrogen) atoms. The van der Waals surface area contributed by atoms with E-state index in [1.54, 1.807) is 43.5 Å². The quantitative estimate of drug-likeness (QED) is 0.524. The lowest BCUT2D eigenvalue weighted by Gasteiger charge is -2.05. The Balaban J connectivity index is 1.46. The molecule has 2 heterocycles. The molecule has 4 aromatic rings. The molecule has 2 aromatic heterocycles. The van der Waals surface area contributed by atoms with Crippen LogP contribution in [0, 0.1) is 0 Å². The number of carbonyl (C=O) groups is 2. The molecule has 0 aliphatic rings. The van der Waals surface area contributed by atoms with E-state index in [0.29, 0.717) is 27.6 Å². The smallest absolute Gasteiger partial charge is 0.291 e. The monoisotopic (exact) mass is 393 g/mol. The standard InChI is InChI=1S/C20H15N3O4S/c1-26-14-4-2-6-16-17(14)22-20(28-16)23-18(24)12-7-9-13(10-8-12)21-19(25)15-5-3-11-27-15/h2-11H,1H3,(H,21,25)(H,22,23,24). The molecule has 0 spiro atoms. The van der Waals surface area contributed by atoms with Crippen LogP contribution in [-0.4, -0.2) is 23.9 Å². The van der Waals surface area contributed by atoms with Crippen molar-refractivity contribution in [1.29, 1.82) is 0 Å². The van der Waals surface area contributed by atoms with Crippen molar-refractivity contribution in [3.8, 4) is 5.75 Å². The van der Waals surface area contributed by atoms with Gasteiger partial charge < -0.3 is 14.5 Å². The number of anilines is 2. The number of fused-ring (bicyclic) bond motifs is 1. The minimum atomic E-state index is -0.356. The highest BCUT2D eigenvalue weighted by Gasteiger charge is 2.13. The third-order valence-electron chi connectivity index (χ3n) is 3.97. The van der Waals surface area contributed by atoms with Crippen LogP contribution < -0.4 is 15.4 Å². The number of nitrogens with zero attached hydrogens (tertiary/aromatic N) is 1. The summed E-state index contributed by atoms with van der Waals surface area (Å²) >= 11 is 1.37. The molecule has 7 nitrogen and oxygen atoms in total. The first-order valence-electron chi connectivity index (χ1n) is 8.34. The zero-order valence-electron chi connectivity index (χ0n) is 14.8. The van der Waals surface area contributed by atoms with Gasteiger partial charge in [-0.05, 0) is 48.5 Å². The van der Waals surface area contributed by atoms with Crippen molar-refractivity contribution in [3.63, 3.8) is 0 Å². The average Bonchev–Trinajstić information content (AvgIpc) is 3.37. The molecule has 2 N–H and O–H groups in total. The maximum atomic E-state index is 12.5. The van der Waals surface area contributed by atoms with Crippen molar-refractivity contribution in [2.24, 2.45) is 0 Å². The number of carbonyl (C=O) groups excluding carboxylic acids is 2. The SMILES string of the molecule is COc1cccc2sc(NC(=O)c3ccc(NC(=O)c4ccco4)cc3)nc12. The molecule has 0 saturated carbocycles. The van der Waals surface area contributed by atoms with Gasteiger partial charge in [0.2, 0.25) is 0 Å². The fraction of sp³-hybridized carbons (Fsp3) is 0.0500. The molecule has 0 fully saturated rings. The molecule has 4 rings (SSSR count). The Labute approximate surface area is 164 Å². The van der Waals surface area contributed by atoms with Crippen LogP contribution >= 0.6 is 11.3 Å². The highest BCUT2D eigenvalue weighted by atomic mass is 32.1. The summed E-state index contributed by atoms with van der Waals surface area (Å²) in [6.07, 6.45) is 1.43. The van der Waals surface area contributed by atoms with Crippen LogP contribution in [0.5, 0.6) is 5.75 Å². The summed E-state index contributed by atoms with van der Waals surface area (Å²) in [5, 5.41) is 5.98. The summed E-state index contributed by atoms with van der Waals surface area (Å²) in [6, 6.07) is 15.4. The third kappa shape index (κ3) is 3.58. The van der Waals surface area contributed by atoms with Crippen LogP contribution in [0.3, 0.4) is 0 Å². The third-order valence-corrected chi connectivity index (χ3v) is 4.91. The summed E-state index contributed by atoms with van der Waals surface area (Å²) in [5.41, 5.74) is 1.71. The van der Waals surface area contributed by atoms with Crippen LogP contribution in [0.2, 0.25) is 0 Å². The van der Waals surface area contributed by atoms with Crippen molar-refractivity contribution in [2.45, 2.75) is 0 Å². The second kappa shape index (κ2) is 7.53. The number of methoxy groups -OCH3 is 1. The highest BCUT2D eigenvalue weighted by Crippen LogP contribution is 2.32. The van der Waals surface area contributed by atoms with Crippen molar-refractivity contribution in [2.75, 3.05) is 17.7 Å². The van der Waals surface area contributed by atoms with E-state index in [0.717, 1.165) is 4.70 Å². The minimum absolute atomic E-state index is 0.216. The molecule has 2 amide bonds. The highest BCUT2D eigenvalue weighted by molar-refractivity contribution is 7.22. The number of para-hydroxylation sites is 1. The van der Waals surface area contributed by atoms with Crippen LogP contribution in [0.1, 0.15) is 20.9 Å². The van der Waals surface area contributed by atoms with Gasteiger partial charge >= 0.3 is 0 Å². The number of nitrogens with one attached hydrogen (secondary N) is 2. The van der Waals surface area contributed by atoms with Gasteiger partial charge in [-0.25, -0.2) is 4.98 Å². The number of aromatic nitrogens is 1. The van der Waals surface area contributed by atoms with Gasteiger partial charge in [-0.15, -0.1) is 0 Å². The Kier molecular flexibility index (Phi) is 4.77. The molecule has 0 aliphatic heterocycles. The fourth-order valence-electron chi connectivity index (χ4n) is 2.62. The second-order valence-electron chi connectivity index (χ2n) is 5.79. The topological polar surface area (TPSA) is 93.5 Å². The first-order valence-corrected chi connectivity index (χ1v) is 9.15. The van der Waals surface area contributed by atoms with E-state index in [9.17, 15) is 9.59 Å². The van der Waals surface area contributed by atoms with Gasteiger partial charge in [-0.1, -0.05) is 17.4 Å². The number of rotatable bonds is 5. The largest absolute Gasteiger partial charge is 0.494 e. The van der Waals surface area contributed by atoms with Crippen LogP contribution in [-0.2, 0) is 0 Å². The van der Waals surface area contributed by atoms with Crippen LogP contribution in [0.25, 0.3) is 10.2 Å². The number of benzene rings is 2. The van der Waals surface area contributed by atoms with Gasteiger partial charge in [-0.2, -0.15) is 0 Å². The van der Waals surface area contributed by atoms with E-state index in [1.807, 2.05) is 18.2 Å². The van der Waals surface area contributed by atoms with Gasteiger partial charge in [0, 0.05) is 11.3 Å². The van der Waals surface area contributed by atoms with E-state index in [1.165, 1.54) is 17.6 Å². The van der Waals surface area contributed by atoms with Gasteiger partial charge in [0.25, 0.3) is 11.8 Å². The molecule has 0 atom stereocenters. The Morgan fingerprint density at radius 1 is 1.00 bits per heavy atom. The van der Waals surface area contributed by atoms with E-state index in [2.05, 4.69) is 15.6 Å².